The highest BCUT2D eigenvalue weighted by Gasteiger charge is 2.31. The molecule has 0 unspecified atom stereocenters. The van der Waals surface area contributed by atoms with Gasteiger partial charge >= 0.3 is 0 Å². The second-order valence-corrected chi connectivity index (χ2v) is 6.66. The van der Waals surface area contributed by atoms with Crippen LogP contribution in [-0.4, -0.2) is 33.2 Å². The van der Waals surface area contributed by atoms with Gasteiger partial charge in [0.25, 0.3) is 5.91 Å². The Morgan fingerprint density at radius 3 is 2.52 bits per heavy atom. The smallest absolute Gasteiger partial charge is 0.254 e. The third-order valence-corrected chi connectivity index (χ3v) is 5.17. The van der Waals surface area contributed by atoms with E-state index in [1.54, 1.807) is 6.20 Å². The molecule has 1 aliphatic rings. The number of hydrogen-bond acceptors (Lipinski definition) is 2. The van der Waals surface area contributed by atoms with Crippen LogP contribution in [-0.2, 0) is 6.54 Å². The van der Waals surface area contributed by atoms with Crippen molar-refractivity contribution in [3.63, 3.8) is 0 Å². The molecule has 0 radical (unpaired) electrons. The van der Waals surface area contributed by atoms with Gasteiger partial charge < -0.3 is 4.90 Å². The fourth-order valence-electron chi connectivity index (χ4n) is 3.60. The molecule has 1 aromatic heterocycles. The van der Waals surface area contributed by atoms with Gasteiger partial charge in [-0.1, -0.05) is 6.07 Å². The number of amides is 1. The van der Waals surface area contributed by atoms with Gasteiger partial charge in [0.1, 0.15) is 0 Å². The molecule has 4 nitrogen and oxygen atoms in total. The number of rotatable bonds is 3. The van der Waals surface area contributed by atoms with Crippen LogP contribution in [0, 0.1) is 27.7 Å². The van der Waals surface area contributed by atoms with E-state index in [-0.39, 0.29) is 11.9 Å². The summed E-state index contributed by atoms with van der Waals surface area (Å²) in [7, 11) is 0. The molecule has 0 spiro atoms. The van der Waals surface area contributed by atoms with E-state index in [1.807, 2.05) is 16.9 Å². The van der Waals surface area contributed by atoms with Crippen LogP contribution in [0.4, 0.5) is 0 Å². The van der Waals surface area contributed by atoms with Crippen molar-refractivity contribution < 1.29 is 4.79 Å². The van der Waals surface area contributed by atoms with E-state index in [0.29, 0.717) is 0 Å². The third kappa shape index (κ3) is 2.90. The standard InChI is InChI=1S/C19H25N3O/c1-13-11-14(2)16(4)18(15(13)3)19(23)22-10-5-7-17(22)12-21-9-6-8-20-21/h6,8-9,11,17H,5,7,10,12H2,1-4H3/t17-/m0/s1. The SMILES string of the molecule is Cc1cc(C)c(C)c(C(=O)N2CCC[C@H]2Cn2cccn2)c1C. The highest BCUT2D eigenvalue weighted by atomic mass is 16.2. The van der Waals surface area contributed by atoms with E-state index in [0.717, 1.165) is 42.6 Å². The normalized spacial score (nSPS) is 17.7. The number of likely N-dealkylation sites (tertiary alicyclic amines) is 1. The number of nitrogens with zero attached hydrogens (tertiary/aromatic N) is 3. The molecule has 0 saturated carbocycles. The second kappa shape index (κ2) is 6.19. The fourth-order valence-corrected chi connectivity index (χ4v) is 3.60. The Morgan fingerprint density at radius 1 is 1.22 bits per heavy atom. The molecular formula is C19H25N3O. The van der Waals surface area contributed by atoms with Crippen molar-refractivity contribution in [2.24, 2.45) is 0 Å². The summed E-state index contributed by atoms with van der Waals surface area (Å²) in [4.78, 5) is 15.3. The summed E-state index contributed by atoms with van der Waals surface area (Å²) in [5.74, 6) is 0.182. The molecule has 122 valence electrons. The van der Waals surface area contributed by atoms with Crippen molar-refractivity contribution in [3.8, 4) is 0 Å². The Kier molecular flexibility index (Phi) is 4.24. The number of carbonyl (C=O) groups is 1. The molecule has 1 saturated heterocycles. The van der Waals surface area contributed by atoms with Crippen LogP contribution in [0.2, 0.25) is 0 Å². The molecule has 2 heterocycles. The second-order valence-electron chi connectivity index (χ2n) is 6.66. The van der Waals surface area contributed by atoms with Gasteiger partial charge in [0.05, 0.1) is 12.6 Å². The van der Waals surface area contributed by atoms with Crippen LogP contribution in [0.3, 0.4) is 0 Å². The Balaban J connectivity index is 1.90. The third-order valence-electron chi connectivity index (χ3n) is 5.17. The van der Waals surface area contributed by atoms with E-state index in [2.05, 4.69) is 43.8 Å². The van der Waals surface area contributed by atoms with Gasteiger partial charge in [0.15, 0.2) is 0 Å². The maximum atomic E-state index is 13.2. The lowest BCUT2D eigenvalue weighted by molar-refractivity contribution is 0.0720. The predicted octanol–water partition coefficient (Wildman–Crippen LogP) is 3.42. The highest BCUT2D eigenvalue weighted by molar-refractivity contribution is 5.98. The van der Waals surface area contributed by atoms with E-state index in [4.69, 9.17) is 0 Å². The molecule has 1 aromatic carbocycles. The quantitative estimate of drug-likeness (QED) is 0.871. The molecule has 4 heteroatoms. The highest BCUT2D eigenvalue weighted by Crippen LogP contribution is 2.27. The average Bonchev–Trinajstić information content (AvgIpc) is 3.17. The first-order valence-corrected chi connectivity index (χ1v) is 8.35. The molecule has 1 amide bonds. The van der Waals surface area contributed by atoms with Crippen LogP contribution in [0.5, 0.6) is 0 Å². The van der Waals surface area contributed by atoms with Crippen molar-refractivity contribution in [2.75, 3.05) is 6.54 Å². The summed E-state index contributed by atoms with van der Waals surface area (Å²) >= 11 is 0. The summed E-state index contributed by atoms with van der Waals surface area (Å²) in [6.45, 7) is 9.92. The minimum absolute atomic E-state index is 0.182. The van der Waals surface area contributed by atoms with Gasteiger partial charge in [-0.3, -0.25) is 9.48 Å². The number of aromatic nitrogens is 2. The number of hydrogen-bond donors (Lipinski definition) is 0. The largest absolute Gasteiger partial charge is 0.334 e. The summed E-state index contributed by atoms with van der Waals surface area (Å²) in [5.41, 5.74) is 5.51. The van der Waals surface area contributed by atoms with Crippen LogP contribution in [0.15, 0.2) is 24.5 Å². The molecule has 1 aliphatic heterocycles. The van der Waals surface area contributed by atoms with E-state index in [1.165, 1.54) is 11.1 Å². The Morgan fingerprint density at radius 2 is 1.91 bits per heavy atom. The molecule has 1 fully saturated rings. The molecule has 3 rings (SSSR count). The fraction of sp³-hybridized carbons (Fsp3) is 0.474. The van der Waals surface area contributed by atoms with Crippen LogP contribution in [0.25, 0.3) is 0 Å². The minimum Gasteiger partial charge on any atom is -0.334 e. The molecule has 0 N–H and O–H groups in total. The molecule has 1 atom stereocenters. The van der Waals surface area contributed by atoms with Gasteiger partial charge in [-0.2, -0.15) is 5.10 Å². The zero-order valence-electron chi connectivity index (χ0n) is 14.5. The Hall–Kier alpha value is -2.10. The maximum Gasteiger partial charge on any atom is 0.254 e. The predicted molar refractivity (Wildman–Crippen MR) is 91.7 cm³/mol. The van der Waals surface area contributed by atoms with Crippen molar-refractivity contribution in [1.29, 1.82) is 0 Å². The van der Waals surface area contributed by atoms with Gasteiger partial charge in [0, 0.05) is 24.5 Å². The van der Waals surface area contributed by atoms with Crippen LogP contribution >= 0.6 is 0 Å². The molecule has 23 heavy (non-hydrogen) atoms. The average molecular weight is 311 g/mol. The van der Waals surface area contributed by atoms with Crippen molar-refractivity contribution in [3.05, 3.63) is 52.3 Å². The lowest BCUT2D eigenvalue weighted by atomic mass is 9.93. The van der Waals surface area contributed by atoms with Crippen molar-refractivity contribution >= 4 is 5.91 Å². The van der Waals surface area contributed by atoms with E-state index >= 15 is 0 Å². The van der Waals surface area contributed by atoms with Crippen molar-refractivity contribution in [1.82, 2.24) is 14.7 Å². The number of benzene rings is 1. The first-order chi connectivity index (χ1) is 11.0. The van der Waals surface area contributed by atoms with Gasteiger partial charge in [-0.25, -0.2) is 0 Å². The van der Waals surface area contributed by atoms with Gasteiger partial charge in [-0.05, 0) is 68.9 Å². The molecule has 2 aromatic rings. The van der Waals surface area contributed by atoms with E-state index < -0.39 is 0 Å². The van der Waals surface area contributed by atoms with Crippen LogP contribution in [0.1, 0.15) is 45.5 Å². The zero-order chi connectivity index (χ0) is 16.6. The Bertz CT molecular complexity index is 692. The first kappa shape index (κ1) is 15.8. The lowest BCUT2D eigenvalue weighted by Crippen LogP contribution is -2.39. The van der Waals surface area contributed by atoms with Gasteiger partial charge in [0.2, 0.25) is 0 Å². The first-order valence-electron chi connectivity index (χ1n) is 8.35. The summed E-state index contributed by atoms with van der Waals surface area (Å²) in [5, 5.41) is 4.29. The maximum absolute atomic E-state index is 13.2. The Labute approximate surface area is 138 Å². The summed E-state index contributed by atoms with van der Waals surface area (Å²) in [6, 6.07) is 4.34. The van der Waals surface area contributed by atoms with Crippen LogP contribution < -0.4 is 0 Å². The molecular weight excluding hydrogens is 286 g/mol. The topological polar surface area (TPSA) is 38.1 Å². The van der Waals surface area contributed by atoms with E-state index in [9.17, 15) is 4.79 Å². The summed E-state index contributed by atoms with van der Waals surface area (Å²) in [6.07, 6.45) is 5.88. The van der Waals surface area contributed by atoms with Gasteiger partial charge in [-0.15, -0.1) is 0 Å². The number of aryl methyl sites for hydroxylation is 2. The number of carbonyl (C=O) groups excluding carboxylic acids is 1. The monoisotopic (exact) mass is 311 g/mol. The molecule has 0 aliphatic carbocycles. The molecule has 0 bridgehead atoms. The minimum atomic E-state index is 0.182. The zero-order valence-corrected chi connectivity index (χ0v) is 14.5. The van der Waals surface area contributed by atoms with Crippen molar-refractivity contribution in [2.45, 2.75) is 53.1 Å². The lowest BCUT2D eigenvalue weighted by Gasteiger charge is -2.27. The summed E-state index contributed by atoms with van der Waals surface area (Å²) < 4.78 is 1.93.